The molecule has 0 radical (unpaired) electrons. The van der Waals surface area contributed by atoms with Gasteiger partial charge in [-0.25, -0.2) is 0 Å². The molecule has 1 aliphatic carbocycles. The van der Waals surface area contributed by atoms with Gasteiger partial charge < -0.3 is 5.32 Å². The highest BCUT2D eigenvalue weighted by molar-refractivity contribution is 7.99. The van der Waals surface area contributed by atoms with Crippen molar-refractivity contribution >= 4 is 23.1 Å². The molecule has 1 aliphatic heterocycles. The van der Waals surface area contributed by atoms with Gasteiger partial charge in [-0.15, -0.1) is 0 Å². The normalized spacial score (nSPS) is 18.0. The van der Waals surface area contributed by atoms with E-state index in [0.29, 0.717) is 0 Å². The summed E-state index contributed by atoms with van der Waals surface area (Å²) in [7, 11) is 0. The molecule has 1 heterocycles. The molecule has 20 heavy (non-hydrogen) atoms. The fourth-order valence-corrected chi connectivity index (χ4v) is 4.46. The van der Waals surface area contributed by atoms with Gasteiger partial charge in [0.1, 0.15) is 0 Å². The van der Waals surface area contributed by atoms with E-state index in [1.165, 1.54) is 58.8 Å². The second-order valence-corrected chi connectivity index (χ2v) is 6.86. The van der Waals surface area contributed by atoms with Crippen molar-refractivity contribution < 1.29 is 0 Å². The maximum Gasteiger partial charge on any atom is 0.0561 e. The van der Waals surface area contributed by atoms with Crippen molar-refractivity contribution in [2.75, 3.05) is 5.32 Å². The standard InChI is InChI=1S/C18H19NS/c1-2-7-13(8-3-1)14-9-6-12-17-18(14)19-15-10-4-5-11-16(15)20-17/h4-6,9-13,19H,1-3,7-8H2. The van der Waals surface area contributed by atoms with Gasteiger partial charge in [-0.2, -0.15) is 0 Å². The Morgan fingerprint density at radius 1 is 0.850 bits per heavy atom. The molecule has 2 aliphatic rings. The summed E-state index contributed by atoms with van der Waals surface area (Å²) in [6.45, 7) is 0. The van der Waals surface area contributed by atoms with Crippen molar-refractivity contribution in [3.05, 3.63) is 48.0 Å². The van der Waals surface area contributed by atoms with E-state index in [4.69, 9.17) is 0 Å². The molecular formula is C18H19NS. The lowest BCUT2D eigenvalue weighted by Crippen LogP contribution is -2.09. The number of hydrogen-bond donors (Lipinski definition) is 1. The molecule has 0 aromatic heterocycles. The Bertz CT molecular complexity index is 629. The molecule has 0 saturated heterocycles. The highest BCUT2D eigenvalue weighted by Gasteiger charge is 2.23. The molecule has 0 unspecified atom stereocenters. The van der Waals surface area contributed by atoms with Gasteiger partial charge in [0.15, 0.2) is 0 Å². The lowest BCUT2D eigenvalue weighted by Gasteiger charge is -2.28. The van der Waals surface area contributed by atoms with Crippen molar-refractivity contribution in [1.29, 1.82) is 0 Å². The number of hydrogen-bond acceptors (Lipinski definition) is 2. The summed E-state index contributed by atoms with van der Waals surface area (Å²) in [4.78, 5) is 2.72. The van der Waals surface area contributed by atoms with E-state index in [1.54, 1.807) is 0 Å². The summed E-state index contributed by atoms with van der Waals surface area (Å²) < 4.78 is 0. The smallest absolute Gasteiger partial charge is 0.0561 e. The third-order valence-electron chi connectivity index (χ3n) is 4.47. The van der Waals surface area contributed by atoms with Crippen molar-refractivity contribution in [3.8, 4) is 0 Å². The molecule has 0 bridgehead atoms. The quantitative estimate of drug-likeness (QED) is 0.592. The van der Waals surface area contributed by atoms with Crippen LogP contribution >= 0.6 is 11.8 Å². The van der Waals surface area contributed by atoms with Crippen LogP contribution in [0.2, 0.25) is 0 Å². The Morgan fingerprint density at radius 3 is 2.55 bits per heavy atom. The maximum absolute atomic E-state index is 3.69. The Balaban J connectivity index is 1.74. The second kappa shape index (κ2) is 5.17. The van der Waals surface area contributed by atoms with Gasteiger partial charge in [-0.3, -0.25) is 0 Å². The molecule has 1 fully saturated rings. The fourth-order valence-electron chi connectivity index (χ4n) is 3.43. The van der Waals surface area contributed by atoms with Gasteiger partial charge in [0.05, 0.1) is 11.4 Å². The van der Waals surface area contributed by atoms with Gasteiger partial charge in [0, 0.05) is 9.79 Å². The molecule has 1 saturated carbocycles. The zero-order valence-corrected chi connectivity index (χ0v) is 12.4. The van der Waals surface area contributed by atoms with Crippen LogP contribution < -0.4 is 5.32 Å². The summed E-state index contributed by atoms with van der Waals surface area (Å²) in [5.74, 6) is 0.747. The summed E-state index contributed by atoms with van der Waals surface area (Å²) >= 11 is 1.90. The highest BCUT2D eigenvalue weighted by Crippen LogP contribution is 2.48. The first kappa shape index (κ1) is 12.3. The van der Waals surface area contributed by atoms with Crippen molar-refractivity contribution in [1.82, 2.24) is 0 Å². The number of rotatable bonds is 1. The van der Waals surface area contributed by atoms with Gasteiger partial charge in [0.25, 0.3) is 0 Å². The van der Waals surface area contributed by atoms with Crippen LogP contribution in [-0.2, 0) is 0 Å². The largest absolute Gasteiger partial charge is 0.353 e. The first-order chi connectivity index (χ1) is 9.92. The predicted molar refractivity (Wildman–Crippen MR) is 86.1 cm³/mol. The van der Waals surface area contributed by atoms with E-state index in [0.717, 1.165) is 5.92 Å². The summed E-state index contributed by atoms with van der Waals surface area (Å²) in [5, 5.41) is 3.69. The average Bonchev–Trinajstić information content (AvgIpc) is 2.53. The van der Waals surface area contributed by atoms with Crippen molar-refractivity contribution in [3.63, 3.8) is 0 Å². The van der Waals surface area contributed by atoms with Gasteiger partial charge in [-0.1, -0.05) is 55.3 Å². The van der Waals surface area contributed by atoms with E-state index in [2.05, 4.69) is 47.8 Å². The molecule has 0 amide bonds. The van der Waals surface area contributed by atoms with Crippen LogP contribution in [0.3, 0.4) is 0 Å². The van der Waals surface area contributed by atoms with Crippen LogP contribution in [-0.4, -0.2) is 0 Å². The number of benzene rings is 2. The molecule has 2 heteroatoms. The molecule has 2 aromatic carbocycles. The Labute approximate surface area is 124 Å². The topological polar surface area (TPSA) is 12.0 Å². The Morgan fingerprint density at radius 2 is 1.65 bits per heavy atom. The lowest BCUT2D eigenvalue weighted by atomic mass is 9.83. The van der Waals surface area contributed by atoms with Gasteiger partial charge in [-0.05, 0) is 42.5 Å². The first-order valence-electron chi connectivity index (χ1n) is 7.58. The lowest BCUT2D eigenvalue weighted by molar-refractivity contribution is 0.444. The van der Waals surface area contributed by atoms with Crippen molar-refractivity contribution in [2.24, 2.45) is 0 Å². The number of anilines is 2. The summed E-state index contributed by atoms with van der Waals surface area (Å²) in [5.41, 5.74) is 4.15. The summed E-state index contributed by atoms with van der Waals surface area (Å²) in [6, 6.07) is 15.4. The Hall–Kier alpha value is -1.41. The van der Waals surface area contributed by atoms with Crippen LogP contribution in [0.4, 0.5) is 11.4 Å². The zero-order chi connectivity index (χ0) is 13.4. The predicted octanol–water partition coefficient (Wildman–Crippen LogP) is 5.94. The van der Waals surface area contributed by atoms with Gasteiger partial charge in [0.2, 0.25) is 0 Å². The van der Waals surface area contributed by atoms with E-state index in [1.807, 2.05) is 11.8 Å². The minimum atomic E-state index is 0.747. The van der Waals surface area contributed by atoms with E-state index in [-0.39, 0.29) is 0 Å². The monoisotopic (exact) mass is 281 g/mol. The van der Waals surface area contributed by atoms with E-state index < -0.39 is 0 Å². The molecule has 2 aromatic rings. The third kappa shape index (κ3) is 2.12. The van der Waals surface area contributed by atoms with Crippen LogP contribution in [0.5, 0.6) is 0 Å². The van der Waals surface area contributed by atoms with Crippen LogP contribution in [0.1, 0.15) is 43.6 Å². The molecular weight excluding hydrogens is 262 g/mol. The third-order valence-corrected chi connectivity index (χ3v) is 5.61. The highest BCUT2D eigenvalue weighted by atomic mass is 32.2. The van der Waals surface area contributed by atoms with E-state index in [9.17, 15) is 0 Å². The van der Waals surface area contributed by atoms with Crippen LogP contribution in [0, 0.1) is 0 Å². The Kier molecular flexibility index (Phi) is 3.19. The maximum atomic E-state index is 3.69. The van der Waals surface area contributed by atoms with Crippen LogP contribution in [0.25, 0.3) is 0 Å². The van der Waals surface area contributed by atoms with E-state index >= 15 is 0 Å². The molecule has 0 spiro atoms. The molecule has 0 atom stereocenters. The van der Waals surface area contributed by atoms with Gasteiger partial charge >= 0.3 is 0 Å². The SMILES string of the molecule is c1ccc2c(c1)Nc1c(cccc1C1CCCCC1)S2. The number of fused-ring (bicyclic) bond motifs is 2. The van der Waals surface area contributed by atoms with Crippen LogP contribution in [0.15, 0.2) is 52.3 Å². The molecule has 1 nitrogen and oxygen atoms in total. The molecule has 102 valence electrons. The minimum absolute atomic E-state index is 0.747. The summed E-state index contributed by atoms with van der Waals surface area (Å²) in [6.07, 6.45) is 6.89. The number of nitrogens with one attached hydrogen (secondary N) is 1. The van der Waals surface area contributed by atoms with Crippen molar-refractivity contribution in [2.45, 2.75) is 47.8 Å². The second-order valence-electron chi connectivity index (χ2n) is 5.78. The molecule has 4 rings (SSSR count). The molecule has 1 N–H and O–H groups in total. The average molecular weight is 281 g/mol. The zero-order valence-electron chi connectivity index (χ0n) is 11.6. The first-order valence-corrected chi connectivity index (χ1v) is 8.40. The number of para-hydroxylation sites is 2. The minimum Gasteiger partial charge on any atom is -0.353 e. The fraction of sp³-hybridized carbons (Fsp3) is 0.333.